The molecule has 1 aromatic carbocycles. The number of carbonyl (C=O) groups excluding carboxylic acids is 1. The first-order valence-corrected chi connectivity index (χ1v) is 10.3. The lowest BCUT2D eigenvalue weighted by molar-refractivity contribution is -0.141. The molecule has 0 saturated carbocycles. The van der Waals surface area contributed by atoms with Gasteiger partial charge < -0.3 is 15.4 Å². The zero-order chi connectivity index (χ0) is 24.1. The van der Waals surface area contributed by atoms with Crippen molar-refractivity contribution in [1.82, 2.24) is 20.1 Å². The van der Waals surface area contributed by atoms with Gasteiger partial charge in [0.2, 0.25) is 0 Å². The fraction of sp³-hybridized carbons (Fsp3) is 0.364. The summed E-state index contributed by atoms with van der Waals surface area (Å²) in [6.07, 6.45) is -4.89. The Balaban J connectivity index is 1.72. The van der Waals surface area contributed by atoms with Crippen LogP contribution in [-0.4, -0.2) is 32.5 Å². The minimum Gasteiger partial charge on any atom is -0.383 e. The molecule has 4 rings (SSSR count). The van der Waals surface area contributed by atoms with Gasteiger partial charge in [0.15, 0.2) is 5.69 Å². The molecule has 2 atom stereocenters. The van der Waals surface area contributed by atoms with Crippen molar-refractivity contribution in [2.75, 3.05) is 12.3 Å². The molecule has 1 aliphatic rings. The first-order chi connectivity index (χ1) is 15.5. The Morgan fingerprint density at radius 1 is 1.30 bits per heavy atom. The zero-order valence-corrected chi connectivity index (χ0v) is 18.1. The van der Waals surface area contributed by atoms with Crippen LogP contribution in [0.5, 0.6) is 0 Å². The summed E-state index contributed by atoms with van der Waals surface area (Å²) < 4.78 is 58.9. The Labute approximate surface area is 186 Å². The molecule has 0 saturated heterocycles. The maximum Gasteiger partial charge on any atom is 0.435 e. The summed E-state index contributed by atoms with van der Waals surface area (Å²) in [5, 5.41) is 7.40. The van der Waals surface area contributed by atoms with E-state index in [2.05, 4.69) is 15.2 Å². The highest BCUT2D eigenvalue weighted by Gasteiger charge is 2.34. The van der Waals surface area contributed by atoms with Crippen molar-refractivity contribution in [3.8, 4) is 0 Å². The van der Waals surface area contributed by atoms with Gasteiger partial charge in [-0.15, -0.1) is 5.10 Å². The van der Waals surface area contributed by atoms with Gasteiger partial charge in [-0.2, -0.15) is 18.3 Å². The normalized spacial score (nSPS) is 16.6. The van der Waals surface area contributed by atoms with Gasteiger partial charge in [-0.25, -0.2) is 9.37 Å². The molecular formula is C22H21F4N5O2. The van der Waals surface area contributed by atoms with E-state index >= 15 is 0 Å². The molecule has 7 nitrogen and oxygen atoms in total. The molecular weight excluding hydrogens is 442 g/mol. The fourth-order valence-corrected chi connectivity index (χ4v) is 4.08. The Morgan fingerprint density at radius 3 is 2.64 bits per heavy atom. The number of anilines is 1. The molecule has 3 heterocycles. The number of nitrogen functional groups attached to an aromatic ring is 1. The van der Waals surface area contributed by atoms with E-state index in [9.17, 15) is 22.4 Å². The monoisotopic (exact) mass is 463 g/mol. The fourth-order valence-electron chi connectivity index (χ4n) is 4.08. The number of amides is 1. The third kappa shape index (κ3) is 3.97. The number of rotatable bonds is 4. The zero-order valence-electron chi connectivity index (χ0n) is 18.1. The number of nitrogens with zero attached hydrogens (tertiary/aromatic N) is 4. The van der Waals surface area contributed by atoms with Crippen LogP contribution in [0.15, 0.2) is 24.3 Å². The summed E-state index contributed by atoms with van der Waals surface area (Å²) >= 11 is 0. The molecule has 1 amide bonds. The molecule has 1 aliphatic heterocycles. The van der Waals surface area contributed by atoms with Crippen LogP contribution in [0, 0.1) is 5.82 Å². The third-order valence-electron chi connectivity index (χ3n) is 5.84. The van der Waals surface area contributed by atoms with E-state index in [1.165, 1.54) is 11.0 Å². The lowest BCUT2D eigenvalue weighted by atomic mass is 9.99. The number of hydrogen-bond donors (Lipinski definition) is 1. The van der Waals surface area contributed by atoms with Gasteiger partial charge >= 0.3 is 6.18 Å². The Morgan fingerprint density at radius 2 is 2.03 bits per heavy atom. The van der Waals surface area contributed by atoms with E-state index in [1.807, 2.05) is 6.92 Å². The minimum atomic E-state index is -4.62. The Hall–Kier alpha value is -3.34. The average Bonchev–Trinajstić information content (AvgIpc) is 3.15. The maximum absolute atomic E-state index is 15.0. The second-order valence-corrected chi connectivity index (χ2v) is 7.80. The lowest BCUT2D eigenvalue weighted by Gasteiger charge is -2.28. The summed E-state index contributed by atoms with van der Waals surface area (Å²) in [6.45, 7) is 5.52. The predicted molar refractivity (Wildman–Crippen MR) is 111 cm³/mol. The molecule has 2 N–H and O–H groups in total. The standard InChI is InChI=1S/C22H21F4N5O2/c1-4-31(10(2)16-5-6-18(30-29-16)22(24,25)26)21(32)13-7-12-14-9-33-11(3)19(14)20(27)28-17(12)8-15(13)23/h5-8,10-11H,4,9H2,1-3H3,(H2,27,28)/t10?,11-/m0/s1. The molecule has 11 heteroatoms. The molecule has 33 heavy (non-hydrogen) atoms. The summed E-state index contributed by atoms with van der Waals surface area (Å²) in [7, 11) is 0. The van der Waals surface area contributed by atoms with Crippen LogP contribution in [-0.2, 0) is 17.5 Å². The van der Waals surface area contributed by atoms with Crippen molar-refractivity contribution in [3.05, 3.63) is 58.2 Å². The highest BCUT2D eigenvalue weighted by molar-refractivity contribution is 5.99. The second kappa shape index (κ2) is 8.22. The van der Waals surface area contributed by atoms with Crippen LogP contribution < -0.4 is 5.73 Å². The summed E-state index contributed by atoms with van der Waals surface area (Å²) in [5.74, 6) is -1.16. The van der Waals surface area contributed by atoms with E-state index in [0.717, 1.165) is 23.8 Å². The molecule has 2 aromatic heterocycles. The van der Waals surface area contributed by atoms with Crippen molar-refractivity contribution in [3.63, 3.8) is 0 Å². The summed E-state index contributed by atoms with van der Waals surface area (Å²) in [5.41, 5.74) is 6.62. The Bertz CT molecular complexity index is 1230. The SMILES string of the molecule is CCN(C(=O)c1cc2c3c(c(N)nc2cc1F)[C@H](C)OC3)C(C)c1ccc(C(F)(F)F)nn1. The van der Waals surface area contributed by atoms with Crippen LogP contribution in [0.2, 0.25) is 0 Å². The molecule has 0 aliphatic carbocycles. The number of pyridine rings is 1. The Kier molecular flexibility index (Phi) is 5.69. The number of benzene rings is 1. The molecule has 0 bridgehead atoms. The van der Waals surface area contributed by atoms with Crippen molar-refractivity contribution in [2.45, 2.75) is 45.7 Å². The smallest absolute Gasteiger partial charge is 0.383 e. The average molecular weight is 463 g/mol. The highest BCUT2D eigenvalue weighted by Crippen LogP contribution is 2.39. The van der Waals surface area contributed by atoms with E-state index in [1.54, 1.807) is 13.8 Å². The highest BCUT2D eigenvalue weighted by atomic mass is 19.4. The molecule has 0 fully saturated rings. The number of fused-ring (bicyclic) bond motifs is 3. The van der Waals surface area contributed by atoms with Crippen LogP contribution in [0.25, 0.3) is 10.9 Å². The second-order valence-electron chi connectivity index (χ2n) is 7.80. The number of halogens is 4. The quantitative estimate of drug-likeness (QED) is 0.570. The van der Waals surface area contributed by atoms with Crippen molar-refractivity contribution in [1.29, 1.82) is 0 Å². The van der Waals surface area contributed by atoms with Gasteiger partial charge in [0.05, 0.1) is 35.5 Å². The maximum atomic E-state index is 15.0. The van der Waals surface area contributed by atoms with E-state index in [0.29, 0.717) is 16.5 Å². The van der Waals surface area contributed by atoms with Gasteiger partial charge in [-0.1, -0.05) is 0 Å². The van der Waals surface area contributed by atoms with Crippen LogP contribution in [0.4, 0.5) is 23.4 Å². The van der Waals surface area contributed by atoms with E-state index < -0.39 is 29.6 Å². The first-order valence-electron chi connectivity index (χ1n) is 10.3. The molecule has 174 valence electrons. The number of alkyl halides is 3. The van der Waals surface area contributed by atoms with Crippen LogP contribution in [0.3, 0.4) is 0 Å². The molecule has 1 unspecified atom stereocenters. The molecule has 3 aromatic rings. The van der Waals surface area contributed by atoms with Gasteiger partial charge in [0.1, 0.15) is 11.6 Å². The van der Waals surface area contributed by atoms with Gasteiger partial charge in [0, 0.05) is 23.6 Å². The largest absolute Gasteiger partial charge is 0.435 e. The van der Waals surface area contributed by atoms with Gasteiger partial charge in [0.25, 0.3) is 5.91 Å². The van der Waals surface area contributed by atoms with Crippen LogP contribution in [0.1, 0.15) is 65.8 Å². The lowest BCUT2D eigenvalue weighted by Crippen LogP contribution is -2.34. The van der Waals surface area contributed by atoms with Crippen molar-refractivity contribution < 1.29 is 27.1 Å². The summed E-state index contributed by atoms with van der Waals surface area (Å²) in [4.78, 5) is 18.9. The summed E-state index contributed by atoms with van der Waals surface area (Å²) in [6, 6.07) is 3.79. The number of hydrogen-bond acceptors (Lipinski definition) is 6. The molecule has 0 spiro atoms. The van der Waals surface area contributed by atoms with Gasteiger partial charge in [-0.3, -0.25) is 4.79 Å². The number of aromatic nitrogens is 3. The van der Waals surface area contributed by atoms with Crippen LogP contribution >= 0.6 is 0 Å². The van der Waals surface area contributed by atoms with E-state index in [4.69, 9.17) is 10.5 Å². The topological polar surface area (TPSA) is 94.2 Å². The number of nitrogens with two attached hydrogens (primary N) is 1. The first kappa shape index (κ1) is 22.8. The van der Waals surface area contributed by atoms with Crippen molar-refractivity contribution in [2.24, 2.45) is 0 Å². The van der Waals surface area contributed by atoms with Crippen molar-refractivity contribution >= 4 is 22.6 Å². The number of carbonyl (C=O) groups is 1. The van der Waals surface area contributed by atoms with Gasteiger partial charge in [-0.05, 0) is 44.5 Å². The predicted octanol–water partition coefficient (Wildman–Crippen LogP) is 4.58. The number of ether oxygens (including phenoxy) is 1. The minimum absolute atomic E-state index is 0.150. The van der Waals surface area contributed by atoms with E-state index in [-0.39, 0.29) is 36.3 Å². The third-order valence-corrected chi connectivity index (χ3v) is 5.84. The molecule has 0 radical (unpaired) electrons.